The van der Waals surface area contributed by atoms with Gasteiger partial charge in [0.15, 0.2) is 0 Å². The molecule has 1 aliphatic rings. The van der Waals surface area contributed by atoms with Crippen molar-refractivity contribution in [2.45, 2.75) is 19.6 Å². The number of rotatable bonds is 5. The molecule has 2 aromatic heterocycles. The van der Waals surface area contributed by atoms with Crippen LogP contribution in [0.1, 0.15) is 23.1 Å². The smallest absolute Gasteiger partial charge is 0.119 e. The van der Waals surface area contributed by atoms with Crippen LogP contribution in [-0.2, 0) is 18.3 Å². The molecule has 6 nitrogen and oxygen atoms in total. The number of hydrogen-bond acceptors (Lipinski definition) is 5. The first-order valence-corrected chi connectivity index (χ1v) is 9.56. The molecule has 3 aromatic rings. The zero-order valence-corrected chi connectivity index (χ0v) is 16.6. The van der Waals surface area contributed by atoms with Gasteiger partial charge < -0.3 is 9.47 Å². The van der Waals surface area contributed by atoms with Crippen molar-refractivity contribution in [3.05, 3.63) is 65.7 Å². The van der Waals surface area contributed by atoms with E-state index < -0.39 is 0 Å². The highest BCUT2D eigenvalue weighted by Gasteiger charge is 2.24. The topological polar surface area (TPSA) is 52.4 Å². The Balaban J connectivity index is 1.45. The Kier molecular flexibility index (Phi) is 5.41. The fourth-order valence-electron chi connectivity index (χ4n) is 3.53. The monoisotopic (exact) mass is 378 g/mol. The van der Waals surface area contributed by atoms with Gasteiger partial charge in [-0.25, -0.2) is 0 Å². The number of aryl methyl sites for hydroxylation is 1. The Morgan fingerprint density at radius 3 is 2.79 bits per heavy atom. The second-order valence-electron chi connectivity index (χ2n) is 7.18. The molecule has 0 spiro atoms. The molecule has 0 saturated carbocycles. The fraction of sp³-hybridized carbons (Fsp3) is 0.364. The van der Waals surface area contributed by atoms with Crippen LogP contribution in [0.25, 0.3) is 11.1 Å². The van der Waals surface area contributed by atoms with Crippen LogP contribution in [-0.4, -0.2) is 46.5 Å². The molecule has 6 heteroatoms. The van der Waals surface area contributed by atoms with Gasteiger partial charge in [0.25, 0.3) is 0 Å². The molecule has 1 fully saturated rings. The third-order valence-corrected chi connectivity index (χ3v) is 5.40. The van der Waals surface area contributed by atoms with E-state index >= 15 is 0 Å². The fourth-order valence-corrected chi connectivity index (χ4v) is 3.53. The number of aromatic nitrogens is 3. The molecule has 0 N–H and O–H groups in total. The number of pyridine rings is 1. The number of ether oxygens (including phenoxy) is 2. The molecule has 146 valence electrons. The van der Waals surface area contributed by atoms with E-state index in [1.807, 2.05) is 42.3 Å². The zero-order chi connectivity index (χ0) is 19.5. The molecule has 1 saturated heterocycles. The summed E-state index contributed by atoms with van der Waals surface area (Å²) in [5, 5.41) is 4.35. The Morgan fingerprint density at radius 2 is 2.07 bits per heavy atom. The minimum atomic E-state index is -0.00918. The zero-order valence-electron chi connectivity index (χ0n) is 16.6. The van der Waals surface area contributed by atoms with E-state index in [-0.39, 0.29) is 6.10 Å². The lowest BCUT2D eigenvalue weighted by Crippen LogP contribution is -2.38. The highest BCUT2D eigenvalue weighted by atomic mass is 16.5. The Hall–Kier alpha value is -2.70. The van der Waals surface area contributed by atoms with Crippen molar-refractivity contribution >= 4 is 0 Å². The minimum Gasteiger partial charge on any atom is -0.497 e. The molecule has 0 unspecified atom stereocenters. The molecule has 0 bridgehead atoms. The van der Waals surface area contributed by atoms with Gasteiger partial charge >= 0.3 is 0 Å². The first-order chi connectivity index (χ1) is 13.6. The second-order valence-corrected chi connectivity index (χ2v) is 7.18. The van der Waals surface area contributed by atoms with E-state index in [4.69, 9.17) is 9.47 Å². The highest BCUT2D eigenvalue weighted by Crippen LogP contribution is 2.26. The molecule has 1 atom stereocenters. The molecule has 0 amide bonds. The van der Waals surface area contributed by atoms with Gasteiger partial charge in [0.1, 0.15) is 11.9 Å². The molecule has 0 aliphatic carbocycles. The number of hydrogen-bond donors (Lipinski definition) is 0. The summed E-state index contributed by atoms with van der Waals surface area (Å²) in [5.41, 5.74) is 5.62. The van der Waals surface area contributed by atoms with Crippen molar-refractivity contribution in [1.29, 1.82) is 0 Å². The van der Waals surface area contributed by atoms with Crippen molar-refractivity contribution in [1.82, 2.24) is 19.7 Å². The molecule has 1 aromatic carbocycles. The van der Waals surface area contributed by atoms with Gasteiger partial charge in [-0.2, -0.15) is 5.10 Å². The Bertz CT molecular complexity index is 936. The van der Waals surface area contributed by atoms with Gasteiger partial charge in [0.05, 0.1) is 25.6 Å². The van der Waals surface area contributed by atoms with Crippen LogP contribution < -0.4 is 4.74 Å². The summed E-state index contributed by atoms with van der Waals surface area (Å²) in [4.78, 5) is 7.10. The lowest BCUT2D eigenvalue weighted by molar-refractivity contribution is -0.0350. The number of morpholine rings is 1. The van der Waals surface area contributed by atoms with Gasteiger partial charge in [0.2, 0.25) is 0 Å². The molecule has 0 radical (unpaired) electrons. The molecule has 28 heavy (non-hydrogen) atoms. The van der Waals surface area contributed by atoms with Crippen molar-refractivity contribution in [2.75, 3.05) is 26.8 Å². The number of nitrogens with zero attached hydrogens (tertiary/aromatic N) is 4. The Morgan fingerprint density at radius 1 is 1.18 bits per heavy atom. The molecular weight excluding hydrogens is 352 g/mol. The predicted molar refractivity (Wildman–Crippen MR) is 108 cm³/mol. The summed E-state index contributed by atoms with van der Waals surface area (Å²) in [7, 11) is 3.66. The van der Waals surface area contributed by atoms with E-state index in [0.29, 0.717) is 6.61 Å². The first kappa shape index (κ1) is 18.7. The van der Waals surface area contributed by atoms with Crippen LogP contribution in [0.4, 0.5) is 0 Å². The maximum atomic E-state index is 6.00. The Labute approximate surface area is 165 Å². The van der Waals surface area contributed by atoms with Crippen LogP contribution >= 0.6 is 0 Å². The maximum Gasteiger partial charge on any atom is 0.119 e. The number of methoxy groups -OCH3 is 1. The second kappa shape index (κ2) is 8.12. The van der Waals surface area contributed by atoms with E-state index in [2.05, 4.69) is 40.1 Å². The summed E-state index contributed by atoms with van der Waals surface area (Å²) in [5.74, 6) is 0.846. The van der Waals surface area contributed by atoms with Crippen molar-refractivity contribution < 1.29 is 9.47 Å². The molecular formula is C22H26N4O2. The van der Waals surface area contributed by atoms with Crippen molar-refractivity contribution in [2.24, 2.45) is 7.05 Å². The third-order valence-electron chi connectivity index (χ3n) is 5.40. The maximum absolute atomic E-state index is 6.00. The third kappa shape index (κ3) is 3.93. The summed E-state index contributed by atoms with van der Waals surface area (Å²) in [6.45, 7) is 5.47. The van der Waals surface area contributed by atoms with Gasteiger partial charge in [-0.1, -0.05) is 18.2 Å². The van der Waals surface area contributed by atoms with Crippen molar-refractivity contribution in [3.8, 4) is 16.9 Å². The van der Waals surface area contributed by atoms with Crippen LogP contribution in [0.5, 0.6) is 5.75 Å². The molecule has 1 aliphatic heterocycles. The van der Waals surface area contributed by atoms with Gasteiger partial charge in [-0.3, -0.25) is 14.6 Å². The van der Waals surface area contributed by atoms with Crippen LogP contribution in [0.3, 0.4) is 0 Å². The van der Waals surface area contributed by atoms with Gasteiger partial charge in [0, 0.05) is 49.7 Å². The molecule has 3 heterocycles. The van der Waals surface area contributed by atoms with Gasteiger partial charge in [-0.05, 0) is 30.7 Å². The summed E-state index contributed by atoms with van der Waals surface area (Å²) < 4.78 is 13.2. The standard InChI is InChI=1S/C22H26N4O2/c1-16-19(13-24-25(16)2)14-26-9-10-28-22(15-26)21-8-7-18(12-23-21)17-5-4-6-20(11-17)27-3/h4-8,11-13,22H,9-10,14-15H2,1-3H3/t22-/m0/s1. The largest absolute Gasteiger partial charge is 0.497 e. The van der Waals surface area contributed by atoms with E-state index in [9.17, 15) is 0 Å². The van der Waals surface area contributed by atoms with Crippen LogP contribution in [0.2, 0.25) is 0 Å². The van der Waals surface area contributed by atoms with E-state index in [1.54, 1.807) is 7.11 Å². The van der Waals surface area contributed by atoms with Crippen LogP contribution in [0, 0.1) is 6.92 Å². The lowest BCUT2D eigenvalue weighted by Gasteiger charge is -2.32. The highest BCUT2D eigenvalue weighted by molar-refractivity contribution is 5.64. The normalized spacial score (nSPS) is 17.6. The van der Waals surface area contributed by atoms with Gasteiger partial charge in [-0.15, -0.1) is 0 Å². The van der Waals surface area contributed by atoms with E-state index in [1.165, 1.54) is 11.3 Å². The summed E-state index contributed by atoms with van der Waals surface area (Å²) in [6.07, 6.45) is 3.86. The van der Waals surface area contributed by atoms with Crippen LogP contribution in [0.15, 0.2) is 48.8 Å². The average Bonchev–Trinajstić information content (AvgIpc) is 3.06. The summed E-state index contributed by atoms with van der Waals surface area (Å²) >= 11 is 0. The summed E-state index contributed by atoms with van der Waals surface area (Å²) in [6, 6.07) is 12.2. The molecule has 4 rings (SSSR count). The lowest BCUT2D eigenvalue weighted by atomic mass is 10.1. The SMILES string of the molecule is COc1cccc(-c2ccc([C@@H]3CN(Cc4cnn(C)c4C)CCO3)nc2)c1. The quantitative estimate of drug-likeness (QED) is 0.681. The van der Waals surface area contributed by atoms with E-state index in [0.717, 1.165) is 42.2 Å². The minimum absolute atomic E-state index is 0.00918. The average molecular weight is 378 g/mol. The number of benzene rings is 1. The first-order valence-electron chi connectivity index (χ1n) is 9.56. The van der Waals surface area contributed by atoms with Crippen molar-refractivity contribution in [3.63, 3.8) is 0 Å². The predicted octanol–water partition coefficient (Wildman–Crippen LogP) is 3.37.